The molecule has 5 heteroatoms. The summed E-state index contributed by atoms with van der Waals surface area (Å²) in [6.07, 6.45) is 3.63. The summed E-state index contributed by atoms with van der Waals surface area (Å²) in [4.78, 5) is 11.1. The molecule has 1 aromatic carbocycles. The summed E-state index contributed by atoms with van der Waals surface area (Å²) in [5.41, 5.74) is 3.75. The highest BCUT2D eigenvalue weighted by Gasteiger charge is 2.29. The molecule has 0 radical (unpaired) electrons. The lowest BCUT2D eigenvalue weighted by atomic mass is 9.82. The molecule has 2 aromatic rings. The molecule has 0 bridgehead atoms. The average Bonchev–Trinajstić information content (AvgIpc) is 2.88. The third-order valence-corrected chi connectivity index (χ3v) is 4.58. The summed E-state index contributed by atoms with van der Waals surface area (Å²) in [5, 5.41) is 13.8. The van der Waals surface area contributed by atoms with Gasteiger partial charge < -0.3 is 5.11 Å². The zero-order valence-electron chi connectivity index (χ0n) is 13.3. The molecule has 0 amide bonds. The van der Waals surface area contributed by atoms with Crippen molar-refractivity contribution in [3.63, 3.8) is 0 Å². The fourth-order valence-electron chi connectivity index (χ4n) is 3.56. The van der Waals surface area contributed by atoms with E-state index in [9.17, 15) is 9.18 Å². The maximum absolute atomic E-state index is 13.9. The number of hydrogen-bond donors (Lipinski definition) is 1. The van der Waals surface area contributed by atoms with Crippen molar-refractivity contribution in [2.75, 3.05) is 0 Å². The first-order chi connectivity index (χ1) is 11.1. The van der Waals surface area contributed by atoms with Crippen LogP contribution in [0.5, 0.6) is 0 Å². The van der Waals surface area contributed by atoms with Gasteiger partial charge in [-0.15, -0.1) is 0 Å². The summed E-state index contributed by atoms with van der Waals surface area (Å²) < 4.78 is 15.8. The first-order valence-electron chi connectivity index (χ1n) is 8.13. The molecular weight excluding hydrogens is 295 g/mol. The van der Waals surface area contributed by atoms with Gasteiger partial charge in [-0.05, 0) is 37.7 Å². The van der Waals surface area contributed by atoms with E-state index in [2.05, 4.69) is 5.10 Å². The lowest BCUT2D eigenvalue weighted by molar-refractivity contribution is -0.137. The minimum atomic E-state index is -0.772. The summed E-state index contributed by atoms with van der Waals surface area (Å²) in [5.74, 6) is -0.972. The van der Waals surface area contributed by atoms with Gasteiger partial charge in [0, 0.05) is 16.8 Å². The van der Waals surface area contributed by atoms with Crippen LogP contribution < -0.4 is 0 Å². The van der Waals surface area contributed by atoms with E-state index in [0.29, 0.717) is 12.1 Å². The van der Waals surface area contributed by atoms with Gasteiger partial charge in [-0.25, -0.2) is 4.39 Å². The Hall–Kier alpha value is -2.17. The smallest absolute Gasteiger partial charge is 0.303 e. The maximum atomic E-state index is 13.9. The van der Waals surface area contributed by atoms with Gasteiger partial charge in [0.05, 0.1) is 18.7 Å². The number of fused-ring (bicyclic) bond motifs is 1. The van der Waals surface area contributed by atoms with Crippen LogP contribution >= 0.6 is 0 Å². The molecule has 0 aliphatic heterocycles. The van der Waals surface area contributed by atoms with Crippen molar-refractivity contribution < 1.29 is 14.3 Å². The number of carboxylic acid groups (broad SMARTS) is 1. The molecule has 0 saturated carbocycles. The quantitative estimate of drug-likeness (QED) is 0.918. The predicted octanol–water partition coefficient (Wildman–Crippen LogP) is 3.53. The van der Waals surface area contributed by atoms with Crippen LogP contribution in [0.15, 0.2) is 24.3 Å². The second-order valence-corrected chi connectivity index (χ2v) is 6.10. The molecule has 0 saturated heterocycles. The molecule has 1 heterocycles. The molecule has 3 rings (SSSR count). The van der Waals surface area contributed by atoms with Gasteiger partial charge in [-0.3, -0.25) is 9.48 Å². The van der Waals surface area contributed by atoms with Gasteiger partial charge in [0.1, 0.15) is 5.82 Å². The largest absolute Gasteiger partial charge is 0.481 e. The third-order valence-electron chi connectivity index (χ3n) is 4.58. The van der Waals surface area contributed by atoms with Crippen LogP contribution in [0.2, 0.25) is 0 Å². The van der Waals surface area contributed by atoms with Gasteiger partial charge in [0.2, 0.25) is 0 Å². The zero-order chi connectivity index (χ0) is 16.4. The zero-order valence-corrected chi connectivity index (χ0v) is 13.3. The van der Waals surface area contributed by atoms with E-state index in [1.54, 1.807) is 12.1 Å². The van der Waals surface area contributed by atoms with Gasteiger partial charge in [0.15, 0.2) is 0 Å². The highest BCUT2D eigenvalue weighted by Crippen LogP contribution is 2.37. The molecule has 0 spiro atoms. The Bertz CT molecular complexity index is 724. The number of halogens is 1. The number of carboxylic acids is 1. The fourth-order valence-corrected chi connectivity index (χ4v) is 3.56. The molecule has 1 unspecified atom stereocenters. The SMILES string of the molecule is CCc1nn(Cc2ccccc2F)c2c1C(CC(=O)O)CCC2. The highest BCUT2D eigenvalue weighted by molar-refractivity contribution is 5.68. The molecule has 4 nitrogen and oxygen atoms in total. The van der Waals surface area contributed by atoms with Crippen LogP contribution in [0, 0.1) is 5.82 Å². The number of rotatable bonds is 5. The summed E-state index contributed by atoms with van der Waals surface area (Å²) in [6, 6.07) is 6.73. The Morgan fingerprint density at radius 3 is 2.91 bits per heavy atom. The van der Waals surface area contributed by atoms with Crippen molar-refractivity contribution in [2.45, 2.75) is 51.5 Å². The van der Waals surface area contributed by atoms with Crippen molar-refractivity contribution in [2.24, 2.45) is 0 Å². The standard InChI is InChI=1S/C18H21FN2O2/c1-2-15-18-12(10-17(22)23)7-5-9-16(18)21(20-15)11-13-6-3-4-8-14(13)19/h3-4,6,8,12H,2,5,7,9-11H2,1H3,(H,22,23). The van der Waals surface area contributed by atoms with E-state index < -0.39 is 5.97 Å². The highest BCUT2D eigenvalue weighted by atomic mass is 19.1. The summed E-state index contributed by atoms with van der Waals surface area (Å²) in [6.45, 7) is 2.43. The summed E-state index contributed by atoms with van der Waals surface area (Å²) in [7, 11) is 0. The lowest BCUT2D eigenvalue weighted by Crippen LogP contribution is -2.16. The molecule has 0 fully saturated rings. The molecule has 1 aromatic heterocycles. The van der Waals surface area contributed by atoms with Crippen LogP contribution in [0.3, 0.4) is 0 Å². The van der Waals surface area contributed by atoms with Gasteiger partial charge >= 0.3 is 5.97 Å². The number of hydrogen-bond acceptors (Lipinski definition) is 2. The Morgan fingerprint density at radius 2 is 2.22 bits per heavy atom. The minimum absolute atomic E-state index is 0.0283. The number of benzene rings is 1. The van der Waals surface area contributed by atoms with Crippen molar-refractivity contribution >= 4 is 5.97 Å². The Morgan fingerprint density at radius 1 is 1.43 bits per heavy atom. The number of nitrogens with zero attached hydrogens (tertiary/aromatic N) is 2. The molecule has 1 aliphatic carbocycles. The second kappa shape index (κ2) is 6.52. The first-order valence-corrected chi connectivity index (χ1v) is 8.13. The average molecular weight is 316 g/mol. The Labute approximate surface area is 134 Å². The topological polar surface area (TPSA) is 55.1 Å². The van der Waals surface area contributed by atoms with Crippen LogP contribution in [0.4, 0.5) is 4.39 Å². The van der Waals surface area contributed by atoms with E-state index in [-0.39, 0.29) is 18.2 Å². The molecule has 1 N–H and O–H groups in total. The van der Waals surface area contributed by atoms with Gasteiger partial charge in [0.25, 0.3) is 0 Å². The number of aromatic nitrogens is 2. The molecule has 1 atom stereocenters. The molecular formula is C18H21FN2O2. The van der Waals surface area contributed by atoms with E-state index in [1.807, 2.05) is 17.7 Å². The maximum Gasteiger partial charge on any atom is 0.303 e. The second-order valence-electron chi connectivity index (χ2n) is 6.10. The monoisotopic (exact) mass is 316 g/mol. The van der Waals surface area contributed by atoms with E-state index in [1.165, 1.54) is 6.07 Å². The lowest BCUT2D eigenvalue weighted by Gasteiger charge is -2.23. The number of carbonyl (C=O) groups is 1. The van der Waals surface area contributed by atoms with Crippen molar-refractivity contribution in [3.05, 3.63) is 52.6 Å². The van der Waals surface area contributed by atoms with Crippen LogP contribution in [0.1, 0.15) is 54.6 Å². The first kappa shape index (κ1) is 15.7. The number of aryl methyl sites for hydroxylation is 1. The van der Waals surface area contributed by atoms with E-state index in [4.69, 9.17) is 5.11 Å². The fraction of sp³-hybridized carbons (Fsp3) is 0.444. The molecule has 1 aliphatic rings. The predicted molar refractivity (Wildman–Crippen MR) is 85.0 cm³/mol. The van der Waals surface area contributed by atoms with Crippen molar-refractivity contribution in [3.8, 4) is 0 Å². The van der Waals surface area contributed by atoms with E-state index >= 15 is 0 Å². The van der Waals surface area contributed by atoms with Crippen LogP contribution in [-0.4, -0.2) is 20.9 Å². The van der Waals surface area contributed by atoms with Crippen molar-refractivity contribution in [1.82, 2.24) is 9.78 Å². The van der Waals surface area contributed by atoms with Crippen LogP contribution in [0.25, 0.3) is 0 Å². The molecule has 23 heavy (non-hydrogen) atoms. The Balaban J connectivity index is 1.98. The van der Waals surface area contributed by atoms with Crippen LogP contribution in [-0.2, 0) is 24.2 Å². The van der Waals surface area contributed by atoms with Gasteiger partial charge in [-0.2, -0.15) is 5.10 Å². The summed E-state index contributed by atoms with van der Waals surface area (Å²) >= 11 is 0. The normalized spacial score (nSPS) is 17.0. The molecule has 122 valence electrons. The van der Waals surface area contributed by atoms with Gasteiger partial charge in [-0.1, -0.05) is 25.1 Å². The Kier molecular flexibility index (Phi) is 4.46. The van der Waals surface area contributed by atoms with Crippen molar-refractivity contribution in [1.29, 1.82) is 0 Å². The van der Waals surface area contributed by atoms with E-state index in [0.717, 1.165) is 42.6 Å². The number of aliphatic carboxylic acids is 1. The minimum Gasteiger partial charge on any atom is -0.481 e. The third kappa shape index (κ3) is 3.14.